The SMILES string of the molecule is COC(=O)[C@H](c1ccc(C(C)(C)C)cc1)[C@@H]1C=C[C@@H](NC(=O)c2cc(Cl)cc(Cl)c2)C1. The standard InChI is InChI=1S/C25H27Cl2NO3/c1-25(2,3)18-8-5-15(6-9-18)22(24(30)31-4)16-7-10-21(13-16)28-23(29)17-11-19(26)14-20(27)12-17/h5-12,14,16,21-22H,13H2,1-4H3,(H,28,29)/t16-,21-,22-/m1/s1. The van der Waals surface area contributed by atoms with E-state index in [1.807, 2.05) is 24.3 Å². The molecule has 0 aliphatic heterocycles. The number of benzene rings is 2. The molecule has 3 rings (SSSR count). The van der Waals surface area contributed by atoms with Gasteiger partial charge in [-0.05, 0) is 47.1 Å². The van der Waals surface area contributed by atoms with Crippen LogP contribution in [0.4, 0.5) is 0 Å². The summed E-state index contributed by atoms with van der Waals surface area (Å²) in [5.74, 6) is -1.06. The smallest absolute Gasteiger partial charge is 0.313 e. The average Bonchev–Trinajstić information content (AvgIpc) is 3.14. The minimum atomic E-state index is -0.433. The van der Waals surface area contributed by atoms with Crippen LogP contribution < -0.4 is 5.32 Å². The number of ether oxygens (including phenoxy) is 1. The molecule has 164 valence electrons. The first-order valence-electron chi connectivity index (χ1n) is 10.2. The fourth-order valence-corrected chi connectivity index (χ4v) is 4.42. The first-order valence-corrected chi connectivity index (χ1v) is 11.0. The van der Waals surface area contributed by atoms with Crippen LogP contribution in [0.25, 0.3) is 0 Å². The van der Waals surface area contributed by atoms with Gasteiger partial charge in [0.15, 0.2) is 0 Å². The van der Waals surface area contributed by atoms with E-state index in [9.17, 15) is 9.59 Å². The number of nitrogens with one attached hydrogen (secondary N) is 1. The van der Waals surface area contributed by atoms with Gasteiger partial charge in [0.1, 0.15) is 0 Å². The Morgan fingerprint density at radius 2 is 1.65 bits per heavy atom. The molecule has 1 aliphatic rings. The number of methoxy groups -OCH3 is 1. The van der Waals surface area contributed by atoms with Crippen molar-refractivity contribution >= 4 is 35.1 Å². The van der Waals surface area contributed by atoms with E-state index < -0.39 is 5.92 Å². The third kappa shape index (κ3) is 5.69. The fraction of sp³-hybridized carbons (Fsp3) is 0.360. The largest absolute Gasteiger partial charge is 0.469 e. The van der Waals surface area contributed by atoms with Gasteiger partial charge >= 0.3 is 5.97 Å². The van der Waals surface area contributed by atoms with Crippen molar-refractivity contribution < 1.29 is 14.3 Å². The molecule has 0 saturated heterocycles. The molecule has 0 fully saturated rings. The van der Waals surface area contributed by atoms with Gasteiger partial charge in [-0.2, -0.15) is 0 Å². The topological polar surface area (TPSA) is 55.4 Å². The normalized spacial score (nSPS) is 19.2. The molecule has 2 aromatic carbocycles. The lowest BCUT2D eigenvalue weighted by atomic mass is 9.82. The Bertz CT molecular complexity index is 973. The van der Waals surface area contributed by atoms with Crippen molar-refractivity contribution in [2.45, 2.75) is 44.6 Å². The van der Waals surface area contributed by atoms with Crippen LogP contribution in [0.3, 0.4) is 0 Å². The van der Waals surface area contributed by atoms with Crippen LogP contribution in [-0.4, -0.2) is 25.0 Å². The highest BCUT2D eigenvalue weighted by Crippen LogP contribution is 2.35. The van der Waals surface area contributed by atoms with E-state index in [2.05, 4.69) is 38.2 Å². The lowest BCUT2D eigenvalue weighted by molar-refractivity contribution is -0.143. The average molecular weight is 460 g/mol. The highest BCUT2D eigenvalue weighted by Gasteiger charge is 2.34. The molecule has 4 nitrogen and oxygen atoms in total. The second-order valence-corrected chi connectivity index (χ2v) is 9.77. The van der Waals surface area contributed by atoms with Crippen molar-refractivity contribution in [3.05, 3.63) is 81.4 Å². The maximum absolute atomic E-state index is 12.6. The summed E-state index contributed by atoms with van der Waals surface area (Å²) in [5, 5.41) is 3.79. The first-order chi connectivity index (χ1) is 14.6. The molecule has 0 spiro atoms. The Hall–Kier alpha value is -2.30. The minimum absolute atomic E-state index is 0.0329. The Kier molecular flexibility index (Phi) is 7.13. The maximum Gasteiger partial charge on any atom is 0.313 e. The highest BCUT2D eigenvalue weighted by atomic mass is 35.5. The Balaban J connectivity index is 1.74. The third-order valence-electron chi connectivity index (χ3n) is 5.58. The van der Waals surface area contributed by atoms with Crippen LogP contribution in [-0.2, 0) is 14.9 Å². The molecular weight excluding hydrogens is 433 g/mol. The second-order valence-electron chi connectivity index (χ2n) is 8.90. The van der Waals surface area contributed by atoms with Crippen LogP contribution in [0.2, 0.25) is 10.0 Å². The summed E-state index contributed by atoms with van der Waals surface area (Å²) in [7, 11) is 1.40. The molecule has 0 heterocycles. The number of hydrogen-bond donors (Lipinski definition) is 1. The summed E-state index contributed by atoms with van der Waals surface area (Å²) in [6.45, 7) is 6.46. The molecule has 1 N–H and O–H groups in total. The fourth-order valence-electron chi connectivity index (χ4n) is 3.89. The number of carbonyl (C=O) groups excluding carboxylic acids is 2. The van der Waals surface area contributed by atoms with Crippen LogP contribution in [0.5, 0.6) is 0 Å². The molecular formula is C25H27Cl2NO3. The van der Waals surface area contributed by atoms with Gasteiger partial charge < -0.3 is 10.1 Å². The molecule has 0 radical (unpaired) electrons. The molecule has 3 atom stereocenters. The van der Waals surface area contributed by atoms with Crippen LogP contribution in [0.15, 0.2) is 54.6 Å². The van der Waals surface area contributed by atoms with Gasteiger partial charge in [0.25, 0.3) is 5.91 Å². The zero-order chi connectivity index (χ0) is 22.8. The van der Waals surface area contributed by atoms with Gasteiger partial charge in [-0.3, -0.25) is 9.59 Å². The van der Waals surface area contributed by atoms with Gasteiger partial charge in [0, 0.05) is 21.7 Å². The van der Waals surface area contributed by atoms with Gasteiger partial charge in [-0.15, -0.1) is 0 Å². The van der Waals surface area contributed by atoms with Gasteiger partial charge in [0.05, 0.1) is 13.0 Å². The molecule has 2 aromatic rings. The van der Waals surface area contributed by atoms with Gasteiger partial charge in [-0.25, -0.2) is 0 Å². The summed E-state index contributed by atoms with van der Waals surface area (Å²) in [6.07, 6.45) is 4.50. The van der Waals surface area contributed by atoms with E-state index in [1.54, 1.807) is 18.2 Å². The summed E-state index contributed by atoms with van der Waals surface area (Å²) >= 11 is 12.0. The molecule has 1 amide bonds. The summed E-state index contributed by atoms with van der Waals surface area (Å²) < 4.78 is 5.10. The number of hydrogen-bond acceptors (Lipinski definition) is 3. The third-order valence-corrected chi connectivity index (χ3v) is 6.01. The Morgan fingerprint density at radius 1 is 1.03 bits per heavy atom. The molecule has 0 aromatic heterocycles. The Labute approximate surface area is 193 Å². The highest BCUT2D eigenvalue weighted by molar-refractivity contribution is 6.35. The van der Waals surface area contributed by atoms with Crippen molar-refractivity contribution in [2.75, 3.05) is 7.11 Å². The van der Waals surface area contributed by atoms with Gasteiger partial charge in [0.2, 0.25) is 0 Å². The van der Waals surface area contributed by atoms with Crippen molar-refractivity contribution in [3.8, 4) is 0 Å². The van der Waals surface area contributed by atoms with E-state index >= 15 is 0 Å². The molecule has 1 aliphatic carbocycles. The number of halogens is 2. The molecule has 31 heavy (non-hydrogen) atoms. The molecule has 0 unspecified atom stereocenters. The lowest BCUT2D eigenvalue weighted by Crippen LogP contribution is -2.33. The van der Waals surface area contributed by atoms with E-state index in [-0.39, 0.29) is 29.3 Å². The molecule has 6 heteroatoms. The zero-order valence-corrected chi connectivity index (χ0v) is 19.6. The number of rotatable bonds is 5. The predicted octanol–water partition coefficient (Wildman–Crippen LogP) is 5.92. The minimum Gasteiger partial charge on any atom is -0.469 e. The number of carbonyl (C=O) groups is 2. The van der Waals surface area contributed by atoms with E-state index in [0.717, 1.165) is 5.56 Å². The van der Waals surface area contributed by atoms with Crippen LogP contribution >= 0.6 is 23.2 Å². The van der Waals surface area contributed by atoms with Crippen molar-refractivity contribution in [1.82, 2.24) is 5.32 Å². The first kappa shape index (κ1) is 23.4. The van der Waals surface area contributed by atoms with Crippen LogP contribution in [0.1, 0.15) is 54.6 Å². The van der Waals surface area contributed by atoms with E-state index in [0.29, 0.717) is 22.0 Å². The summed E-state index contributed by atoms with van der Waals surface area (Å²) in [4.78, 5) is 25.3. The van der Waals surface area contributed by atoms with Crippen molar-refractivity contribution in [1.29, 1.82) is 0 Å². The van der Waals surface area contributed by atoms with E-state index in [4.69, 9.17) is 27.9 Å². The quantitative estimate of drug-likeness (QED) is 0.445. The molecule has 0 bridgehead atoms. The van der Waals surface area contributed by atoms with Crippen LogP contribution in [0, 0.1) is 5.92 Å². The maximum atomic E-state index is 12.6. The summed E-state index contributed by atoms with van der Waals surface area (Å²) in [5.41, 5.74) is 2.54. The lowest BCUT2D eigenvalue weighted by Gasteiger charge is -2.24. The second kappa shape index (κ2) is 9.46. The number of allylic oxidation sites excluding steroid dienone is 1. The number of esters is 1. The van der Waals surface area contributed by atoms with Crippen molar-refractivity contribution in [2.24, 2.45) is 5.92 Å². The zero-order valence-electron chi connectivity index (χ0n) is 18.1. The monoisotopic (exact) mass is 459 g/mol. The van der Waals surface area contributed by atoms with E-state index in [1.165, 1.54) is 12.7 Å². The predicted molar refractivity (Wildman–Crippen MR) is 125 cm³/mol. The molecule has 0 saturated carbocycles. The van der Waals surface area contributed by atoms with Crippen molar-refractivity contribution in [3.63, 3.8) is 0 Å². The number of amides is 1. The Morgan fingerprint density at radius 3 is 2.19 bits per heavy atom. The summed E-state index contributed by atoms with van der Waals surface area (Å²) in [6, 6.07) is 12.7. The van der Waals surface area contributed by atoms with Gasteiger partial charge in [-0.1, -0.05) is 80.4 Å².